The lowest BCUT2D eigenvalue weighted by atomic mass is 9.95. The molecule has 46 heavy (non-hydrogen) atoms. The molecule has 1 amide bonds. The van der Waals surface area contributed by atoms with Gasteiger partial charge in [0, 0.05) is 16.3 Å². The summed E-state index contributed by atoms with van der Waals surface area (Å²) in [5, 5.41) is 3.94. The van der Waals surface area contributed by atoms with Crippen LogP contribution in [0.2, 0.25) is 15.1 Å². The third-order valence-electron chi connectivity index (χ3n) is 7.35. The predicted octanol–water partition coefficient (Wildman–Crippen LogP) is 7.42. The molecule has 0 unspecified atom stereocenters. The van der Waals surface area contributed by atoms with Crippen LogP contribution >= 0.6 is 46.1 Å². The molecule has 1 aromatic heterocycles. The van der Waals surface area contributed by atoms with E-state index < -0.39 is 6.04 Å². The highest BCUT2D eigenvalue weighted by molar-refractivity contribution is 7.07. The average molecular weight is 691 g/mol. The number of thiazole rings is 1. The number of nitrogens with one attached hydrogen (secondary N) is 1. The fraction of sp³-hybridized carbons (Fsp3) is 0.114. The number of ether oxygens (including phenoxy) is 2. The van der Waals surface area contributed by atoms with Gasteiger partial charge in [-0.1, -0.05) is 101 Å². The van der Waals surface area contributed by atoms with E-state index in [1.54, 1.807) is 42.9 Å². The molecule has 1 atom stereocenters. The molecule has 0 aliphatic carbocycles. The Bertz CT molecular complexity index is 2140. The van der Waals surface area contributed by atoms with E-state index in [-0.39, 0.29) is 28.1 Å². The van der Waals surface area contributed by atoms with Crippen LogP contribution in [-0.2, 0) is 11.4 Å². The van der Waals surface area contributed by atoms with Gasteiger partial charge in [0.1, 0.15) is 12.4 Å². The van der Waals surface area contributed by atoms with Crippen molar-refractivity contribution in [3.8, 4) is 11.5 Å². The minimum Gasteiger partial charge on any atom is -0.496 e. The molecule has 0 spiro atoms. The SMILES string of the molecule is COc1ccc(/C=c2/sc3n(c2=O)[C@@H](c2ccccc2)C(C(=O)Nc2ccccc2)=C(C)N=3)cc1COc1c(Cl)cc(Cl)cc1Cl. The molecule has 5 aromatic rings. The minimum atomic E-state index is -0.669. The van der Waals surface area contributed by atoms with E-state index in [1.165, 1.54) is 11.3 Å². The number of carbonyl (C=O) groups excluding carboxylic acids is 1. The fourth-order valence-corrected chi connectivity index (χ4v) is 7.22. The van der Waals surface area contributed by atoms with Crippen molar-refractivity contribution in [2.45, 2.75) is 19.6 Å². The van der Waals surface area contributed by atoms with Gasteiger partial charge < -0.3 is 14.8 Å². The first-order valence-electron chi connectivity index (χ1n) is 14.1. The number of halogens is 3. The van der Waals surface area contributed by atoms with E-state index >= 15 is 0 Å². The smallest absolute Gasteiger partial charge is 0.271 e. The third-order valence-corrected chi connectivity index (χ3v) is 9.11. The van der Waals surface area contributed by atoms with Crippen molar-refractivity contribution in [1.29, 1.82) is 0 Å². The maximum atomic E-state index is 14.1. The van der Waals surface area contributed by atoms with Crippen molar-refractivity contribution in [3.63, 3.8) is 0 Å². The number of fused-ring (bicyclic) bond motifs is 1. The second-order valence-corrected chi connectivity index (χ2v) is 12.6. The van der Waals surface area contributed by atoms with Gasteiger partial charge in [-0.2, -0.15) is 0 Å². The van der Waals surface area contributed by atoms with Gasteiger partial charge in [-0.25, -0.2) is 4.99 Å². The summed E-state index contributed by atoms with van der Waals surface area (Å²) in [4.78, 5) is 33.0. The Morgan fingerprint density at radius 3 is 2.33 bits per heavy atom. The van der Waals surface area contributed by atoms with Gasteiger partial charge in [0.05, 0.1) is 39.0 Å². The third kappa shape index (κ3) is 6.48. The van der Waals surface area contributed by atoms with Crippen LogP contribution in [0.25, 0.3) is 6.08 Å². The molecule has 0 fully saturated rings. The van der Waals surface area contributed by atoms with Crippen LogP contribution in [0.15, 0.2) is 112 Å². The van der Waals surface area contributed by atoms with E-state index in [2.05, 4.69) is 5.32 Å². The maximum absolute atomic E-state index is 14.1. The second-order valence-electron chi connectivity index (χ2n) is 10.4. The largest absolute Gasteiger partial charge is 0.496 e. The van der Waals surface area contributed by atoms with E-state index in [4.69, 9.17) is 49.3 Å². The number of benzene rings is 4. The first-order valence-corrected chi connectivity index (χ1v) is 16.1. The monoisotopic (exact) mass is 689 g/mol. The van der Waals surface area contributed by atoms with Gasteiger partial charge in [-0.3, -0.25) is 14.2 Å². The Morgan fingerprint density at radius 2 is 1.65 bits per heavy atom. The Hall–Kier alpha value is -4.34. The molecule has 1 aliphatic heterocycles. The van der Waals surface area contributed by atoms with Crippen molar-refractivity contribution in [3.05, 3.63) is 154 Å². The molecule has 11 heteroatoms. The van der Waals surface area contributed by atoms with Crippen LogP contribution in [0, 0.1) is 0 Å². The number of anilines is 1. The van der Waals surface area contributed by atoms with Crippen molar-refractivity contribution >= 4 is 63.8 Å². The van der Waals surface area contributed by atoms with Gasteiger partial charge in [-0.15, -0.1) is 0 Å². The van der Waals surface area contributed by atoms with Crippen molar-refractivity contribution in [1.82, 2.24) is 4.57 Å². The van der Waals surface area contributed by atoms with Gasteiger partial charge >= 0.3 is 0 Å². The number of amides is 1. The van der Waals surface area contributed by atoms with E-state index in [0.29, 0.717) is 48.4 Å². The highest BCUT2D eigenvalue weighted by Crippen LogP contribution is 2.37. The van der Waals surface area contributed by atoms with Gasteiger partial charge in [0.15, 0.2) is 10.6 Å². The number of hydrogen-bond acceptors (Lipinski definition) is 6. The molecule has 6 rings (SSSR count). The summed E-state index contributed by atoms with van der Waals surface area (Å²) >= 11 is 19.9. The highest BCUT2D eigenvalue weighted by atomic mass is 35.5. The first-order chi connectivity index (χ1) is 22.2. The Morgan fingerprint density at radius 1 is 0.978 bits per heavy atom. The predicted molar refractivity (Wildman–Crippen MR) is 184 cm³/mol. The summed E-state index contributed by atoms with van der Waals surface area (Å²) in [5.74, 6) is 0.571. The molecule has 0 saturated carbocycles. The zero-order chi connectivity index (χ0) is 32.4. The summed E-state index contributed by atoms with van der Waals surface area (Å²) in [6, 6.07) is 26.6. The molecule has 0 radical (unpaired) electrons. The number of allylic oxidation sites excluding steroid dienone is 1. The molecule has 1 N–H and O–H groups in total. The van der Waals surface area contributed by atoms with E-state index in [9.17, 15) is 9.59 Å². The van der Waals surface area contributed by atoms with E-state index in [1.807, 2.05) is 72.8 Å². The lowest BCUT2D eigenvalue weighted by Crippen LogP contribution is -2.40. The maximum Gasteiger partial charge on any atom is 0.271 e. The summed E-state index contributed by atoms with van der Waals surface area (Å²) in [5.41, 5.74) is 3.58. The van der Waals surface area contributed by atoms with Gasteiger partial charge in [0.25, 0.3) is 11.5 Å². The van der Waals surface area contributed by atoms with Crippen molar-refractivity contribution < 1.29 is 14.3 Å². The van der Waals surface area contributed by atoms with E-state index in [0.717, 1.165) is 11.1 Å². The molecular formula is C35H26Cl3N3O4S. The average Bonchev–Trinajstić information content (AvgIpc) is 3.34. The Balaban J connectivity index is 1.39. The fourth-order valence-electron chi connectivity index (χ4n) is 5.25. The molecule has 2 heterocycles. The van der Waals surface area contributed by atoms with Crippen LogP contribution in [0.4, 0.5) is 5.69 Å². The van der Waals surface area contributed by atoms with Gasteiger partial charge in [-0.05, 0) is 60.5 Å². The topological polar surface area (TPSA) is 81.9 Å². The summed E-state index contributed by atoms with van der Waals surface area (Å²) < 4.78 is 13.6. The summed E-state index contributed by atoms with van der Waals surface area (Å²) in [6.45, 7) is 1.89. The second kappa shape index (κ2) is 13.6. The number of hydrogen-bond donors (Lipinski definition) is 1. The number of nitrogens with zero attached hydrogens (tertiary/aromatic N) is 2. The number of para-hydroxylation sites is 1. The molecule has 0 bridgehead atoms. The molecular weight excluding hydrogens is 665 g/mol. The molecule has 1 aliphatic rings. The number of aromatic nitrogens is 1. The van der Waals surface area contributed by atoms with Crippen LogP contribution in [0.1, 0.15) is 29.7 Å². The lowest BCUT2D eigenvalue weighted by Gasteiger charge is -2.25. The van der Waals surface area contributed by atoms with Crippen LogP contribution in [-0.4, -0.2) is 17.6 Å². The van der Waals surface area contributed by atoms with Crippen molar-refractivity contribution in [2.24, 2.45) is 4.99 Å². The van der Waals surface area contributed by atoms with Crippen LogP contribution in [0.3, 0.4) is 0 Å². The van der Waals surface area contributed by atoms with Crippen LogP contribution < -0.4 is 29.7 Å². The number of carbonyl (C=O) groups is 1. The first kappa shape index (κ1) is 31.6. The molecule has 7 nitrogen and oxygen atoms in total. The van der Waals surface area contributed by atoms with Crippen molar-refractivity contribution in [2.75, 3.05) is 12.4 Å². The highest BCUT2D eigenvalue weighted by Gasteiger charge is 2.32. The molecule has 0 saturated heterocycles. The van der Waals surface area contributed by atoms with Crippen LogP contribution in [0.5, 0.6) is 11.5 Å². The lowest BCUT2D eigenvalue weighted by molar-refractivity contribution is -0.113. The Kier molecular flexibility index (Phi) is 9.33. The molecule has 4 aromatic carbocycles. The summed E-state index contributed by atoms with van der Waals surface area (Å²) in [6.07, 6.45) is 1.79. The zero-order valence-corrected chi connectivity index (χ0v) is 27.7. The Labute approximate surface area is 283 Å². The zero-order valence-electron chi connectivity index (χ0n) is 24.6. The summed E-state index contributed by atoms with van der Waals surface area (Å²) in [7, 11) is 1.57. The van der Waals surface area contributed by atoms with Gasteiger partial charge in [0.2, 0.25) is 0 Å². The minimum absolute atomic E-state index is 0.0975. The molecule has 232 valence electrons. The number of methoxy groups -OCH3 is 1. The normalized spacial score (nSPS) is 14.5. The standard InChI is InChI=1S/C35H26Cl3N3O4S/c1-20-30(33(42)40-25-11-7-4-8-12-25)31(22-9-5-3-6-10-22)41-34(43)29(46-35(41)39-20)16-21-13-14-28(44-2)23(15-21)19-45-32-26(37)17-24(36)18-27(32)38/h3-18,31H,19H2,1-2H3,(H,40,42)/b29-16+/t31-/m0/s1. The quantitative estimate of drug-likeness (QED) is 0.184. The number of rotatable bonds is 8.